The number of carbonyl (C=O) groups excluding carboxylic acids is 2. The van der Waals surface area contributed by atoms with Crippen LogP contribution in [0.5, 0.6) is 0 Å². The second-order valence-corrected chi connectivity index (χ2v) is 7.78. The molecular formula is C26H24N4O2. The van der Waals surface area contributed by atoms with E-state index < -0.39 is 0 Å². The zero-order valence-corrected chi connectivity index (χ0v) is 17.7. The maximum absolute atomic E-state index is 13.1. The molecule has 0 aliphatic carbocycles. The quantitative estimate of drug-likeness (QED) is 0.630. The standard InChI is InChI=1S/C26H24N4O2/c27-18-21-10-12-22(13-11-21)19-29-14-5-15-30(26(29)32)24-9-4-8-23(17-24)28-25(31)16-20-6-2-1-3-7-20/h1-4,6-13,17H,5,14-16,19H2,(H,28,31). The molecule has 1 heterocycles. The molecule has 1 aliphatic heterocycles. The Morgan fingerprint density at radius 1 is 0.938 bits per heavy atom. The summed E-state index contributed by atoms with van der Waals surface area (Å²) in [5.74, 6) is -0.0965. The Balaban J connectivity index is 1.42. The van der Waals surface area contributed by atoms with E-state index in [2.05, 4.69) is 11.4 Å². The second-order valence-electron chi connectivity index (χ2n) is 7.78. The van der Waals surface area contributed by atoms with Gasteiger partial charge in [0.25, 0.3) is 0 Å². The smallest absolute Gasteiger partial charge is 0.324 e. The number of carbonyl (C=O) groups is 2. The van der Waals surface area contributed by atoms with Gasteiger partial charge in [0.05, 0.1) is 18.1 Å². The molecule has 0 saturated carbocycles. The molecule has 1 N–H and O–H groups in total. The minimum Gasteiger partial charge on any atom is -0.326 e. The van der Waals surface area contributed by atoms with E-state index in [1.807, 2.05) is 71.6 Å². The third-order valence-electron chi connectivity index (χ3n) is 5.42. The number of urea groups is 1. The summed E-state index contributed by atoms with van der Waals surface area (Å²) in [6.07, 6.45) is 1.15. The Kier molecular flexibility index (Phi) is 6.47. The molecule has 6 heteroatoms. The van der Waals surface area contributed by atoms with Crippen molar-refractivity contribution in [2.75, 3.05) is 23.3 Å². The predicted octanol–water partition coefficient (Wildman–Crippen LogP) is 4.57. The van der Waals surface area contributed by atoms with Crippen LogP contribution in [0.2, 0.25) is 0 Å². The van der Waals surface area contributed by atoms with Crippen LogP contribution in [0, 0.1) is 11.3 Å². The molecule has 1 fully saturated rings. The van der Waals surface area contributed by atoms with E-state index >= 15 is 0 Å². The Hall–Kier alpha value is -4.11. The number of anilines is 2. The molecule has 3 aromatic carbocycles. The third kappa shape index (κ3) is 5.13. The topological polar surface area (TPSA) is 76.4 Å². The fourth-order valence-electron chi connectivity index (χ4n) is 3.81. The molecule has 0 bridgehead atoms. The minimum atomic E-state index is -0.0965. The van der Waals surface area contributed by atoms with Crippen molar-refractivity contribution in [1.82, 2.24) is 4.90 Å². The van der Waals surface area contributed by atoms with Crippen LogP contribution >= 0.6 is 0 Å². The zero-order chi connectivity index (χ0) is 22.3. The van der Waals surface area contributed by atoms with Crippen LogP contribution in [0.25, 0.3) is 0 Å². The van der Waals surface area contributed by atoms with Gasteiger partial charge in [0.15, 0.2) is 0 Å². The van der Waals surface area contributed by atoms with Crippen LogP contribution < -0.4 is 10.2 Å². The van der Waals surface area contributed by atoms with Crippen molar-refractivity contribution in [1.29, 1.82) is 5.26 Å². The molecule has 0 atom stereocenters. The SMILES string of the molecule is N#Cc1ccc(CN2CCCN(c3cccc(NC(=O)Cc4ccccc4)c3)C2=O)cc1. The third-order valence-corrected chi connectivity index (χ3v) is 5.42. The van der Waals surface area contributed by atoms with Gasteiger partial charge in [-0.1, -0.05) is 48.5 Å². The van der Waals surface area contributed by atoms with Crippen molar-refractivity contribution < 1.29 is 9.59 Å². The first-order valence-electron chi connectivity index (χ1n) is 10.6. The fraction of sp³-hybridized carbons (Fsp3) is 0.192. The molecule has 0 spiro atoms. The first-order valence-corrected chi connectivity index (χ1v) is 10.6. The van der Waals surface area contributed by atoms with E-state index in [9.17, 15) is 9.59 Å². The average Bonchev–Trinajstić information content (AvgIpc) is 2.81. The van der Waals surface area contributed by atoms with Crippen LogP contribution in [0.1, 0.15) is 23.1 Å². The number of hydrogen-bond acceptors (Lipinski definition) is 3. The maximum Gasteiger partial charge on any atom is 0.324 e. The Morgan fingerprint density at radius 2 is 1.72 bits per heavy atom. The van der Waals surface area contributed by atoms with Gasteiger partial charge in [0, 0.05) is 31.0 Å². The normalized spacial score (nSPS) is 13.5. The number of hydrogen-bond donors (Lipinski definition) is 1. The fourth-order valence-corrected chi connectivity index (χ4v) is 3.81. The number of rotatable bonds is 6. The van der Waals surface area contributed by atoms with E-state index in [4.69, 9.17) is 5.26 Å². The molecule has 0 unspecified atom stereocenters. The number of nitrogens with one attached hydrogen (secondary N) is 1. The van der Waals surface area contributed by atoms with Crippen LogP contribution in [0.4, 0.5) is 16.2 Å². The molecule has 1 aliphatic rings. The summed E-state index contributed by atoms with van der Waals surface area (Å²) in [5.41, 5.74) is 3.97. The summed E-state index contributed by atoms with van der Waals surface area (Å²) < 4.78 is 0. The van der Waals surface area contributed by atoms with Crippen LogP contribution in [-0.2, 0) is 17.8 Å². The van der Waals surface area contributed by atoms with Crippen LogP contribution in [0.3, 0.4) is 0 Å². The van der Waals surface area contributed by atoms with Crippen molar-refractivity contribution in [3.05, 3.63) is 95.6 Å². The van der Waals surface area contributed by atoms with Gasteiger partial charge < -0.3 is 10.2 Å². The highest BCUT2D eigenvalue weighted by atomic mass is 16.2. The molecule has 4 rings (SSSR count). The molecule has 1 saturated heterocycles. The Morgan fingerprint density at radius 3 is 2.47 bits per heavy atom. The number of nitrogens with zero attached hydrogens (tertiary/aromatic N) is 3. The van der Waals surface area contributed by atoms with Gasteiger partial charge >= 0.3 is 6.03 Å². The van der Waals surface area contributed by atoms with Crippen molar-refractivity contribution in [2.24, 2.45) is 0 Å². The molecule has 160 valence electrons. The number of amides is 3. The summed E-state index contributed by atoms with van der Waals surface area (Å²) >= 11 is 0. The summed E-state index contributed by atoms with van der Waals surface area (Å²) in [7, 11) is 0. The molecule has 6 nitrogen and oxygen atoms in total. The van der Waals surface area contributed by atoms with Crippen LogP contribution in [-0.4, -0.2) is 29.9 Å². The van der Waals surface area contributed by atoms with Gasteiger partial charge in [0.1, 0.15) is 0 Å². The monoisotopic (exact) mass is 424 g/mol. The molecule has 0 radical (unpaired) electrons. The maximum atomic E-state index is 13.1. The van der Waals surface area contributed by atoms with E-state index in [0.29, 0.717) is 37.3 Å². The highest BCUT2D eigenvalue weighted by molar-refractivity contribution is 5.95. The minimum absolute atomic E-state index is 0.0617. The lowest BCUT2D eigenvalue weighted by Gasteiger charge is -2.36. The molecule has 0 aromatic heterocycles. The second kappa shape index (κ2) is 9.80. The number of benzene rings is 3. The summed E-state index contributed by atoms with van der Waals surface area (Å²) in [4.78, 5) is 29.1. The first kappa shape index (κ1) is 21.1. The largest absolute Gasteiger partial charge is 0.326 e. The molecule has 3 amide bonds. The van der Waals surface area contributed by atoms with Gasteiger partial charge in [-0.2, -0.15) is 5.26 Å². The van der Waals surface area contributed by atoms with Gasteiger partial charge in [-0.3, -0.25) is 9.69 Å². The van der Waals surface area contributed by atoms with Crippen molar-refractivity contribution in [3.63, 3.8) is 0 Å². The van der Waals surface area contributed by atoms with E-state index in [1.54, 1.807) is 17.0 Å². The van der Waals surface area contributed by atoms with Gasteiger partial charge in [0.2, 0.25) is 5.91 Å². The molecular weight excluding hydrogens is 400 g/mol. The van der Waals surface area contributed by atoms with Crippen molar-refractivity contribution in [2.45, 2.75) is 19.4 Å². The number of nitriles is 1. The zero-order valence-electron chi connectivity index (χ0n) is 17.7. The van der Waals surface area contributed by atoms with E-state index in [-0.39, 0.29) is 11.9 Å². The lowest BCUT2D eigenvalue weighted by Crippen LogP contribution is -2.49. The summed E-state index contributed by atoms with van der Waals surface area (Å²) in [6.45, 7) is 1.81. The van der Waals surface area contributed by atoms with Crippen molar-refractivity contribution >= 4 is 23.3 Å². The van der Waals surface area contributed by atoms with Gasteiger partial charge in [-0.05, 0) is 47.9 Å². The highest BCUT2D eigenvalue weighted by Crippen LogP contribution is 2.24. The van der Waals surface area contributed by atoms with Crippen LogP contribution in [0.15, 0.2) is 78.9 Å². The van der Waals surface area contributed by atoms with Crippen molar-refractivity contribution in [3.8, 4) is 6.07 Å². The lowest BCUT2D eigenvalue weighted by molar-refractivity contribution is -0.115. The summed E-state index contributed by atoms with van der Waals surface area (Å²) in [6, 6.07) is 26.3. The summed E-state index contributed by atoms with van der Waals surface area (Å²) in [5, 5.41) is 11.9. The molecule has 32 heavy (non-hydrogen) atoms. The van der Waals surface area contributed by atoms with Gasteiger partial charge in [-0.15, -0.1) is 0 Å². The van der Waals surface area contributed by atoms with E-state index in [1.165, 1.54) is 0 Å². The lowest BCUT2D eigenvalue weighted by atomic mass is 10.1. The highest BCUT2D eigenvalue weighted by Gasteiger charge is 2.27. The van der Waals surface area contributed by atoms with Gasteiger partial charge in [-0.25, -0.2) is 4.79 Å². The predicted molar refractivity (Wildman–Crippen MR) is 124 cm³/mol. The Labute approximate surface area is 187 Å². The Bertz CT molecular complexity index is 1140. The first-order chi connectivity index (χ1) is 15.6. The molecule has 3 aromatic rings. The average molecular weight is 425 g/mol. The van der Waals surface area contributed by atoms with E-state index in [0.717, 1.165) is 23.2 Å².